The molecule has 0 radical (unpaired) electrons. The lowest BCUT2D eigenvalue weighted by molar-refractivity contribution is -0.0164. The number of carboxylic acid groups (broad SMARTS) is 1. The molecule has 1 aliphatic carbocycles. The van der Waals surface area contributed by atoms with Gasteiger partial charge in [-0.15, -0.1) is 0 Å². The summed E-state index contributed by atoms with van der Waals surface area (Å²) in [5.41, 5.74) is 0. The van der Waals surface area contributed by atoms with Gasteiger partial charge in [-0.1, -0.05) is 0 Å². The zero-order valence-electron chi connectivity index (χ0n) is 5.81. The van der Waals surface area contributed by atoms with Crippen molar-refractivity contribution in [3.05, 3.63) is 0 Å². The zero-order chi connectivity index (χ0) is 8.48. The smallest absolute Gasteiger partial charge is 0.405 e. The van der Waals surface area contributed by atoms with Crippen molar-refractivity contribution in [1.29, 1.82) is 0 Å². The molecule has 0 heterocycles. The molecule has 11 heavy (non-hydrogen) atoms. The molecule has 5 heteroatoms. The normalized spacial score (nSPS) is 28.4. The number of hydrogen-bond donors (Lipinski definition) is 2. The molecule has 0 aliphatic heterocycles. The first kappa shape index (κ1) is 8.23. The summed E-state index contributed by atoms with van der Waals surface area (Å²) in [4.78, 5) is 10.00. The summed E-state index contributed by atoms with van der Waals surface area (Å²) < 4.78 is 25.3. The van der Waals surface area contributed by atoms with E-state index in [1.165, 1.54) is 0 Å². The Hall–Kier alpha value is -0.870. The number of nitrogens with one attached hydrogen (secondary N) is 1. The maximum atomic E-state index is 12.6. The minimum absolute atomic E-state index is 0.210. The molecule has 1 atom stereocenters. The van der Waals surface area contributed by atoms with Crippen molar-refractivity contribution in [3.63, 3.8) is 0 Å². The van der Waals surface area contributed by atoms with Gasteiger partial charge in [-0.2, -0.15) is 0 Å². The van der Waals surface area contributed by atoms with E-state index in [9.17, 15) is 13.6 Å². The first-order valence-corrected chi connectivity index (χ1v) is 3.39. The van der Waals surface area contributed by atoms with E-state index in [1.807, 2.05) is 0 Å². The zero-order valence-corrected chi connectivity index (χ0v) is 5.81. The van der Waals surface area contributed by atoms with Crippen molar-refractivity contribution >= 4 is 6.09 Å². The van der Waals surface area contributed by atoms with Crippen molar-refractivity contribution in [2.45, 2.75) is 31.2 Å². The molecule has 1 rings (SSSR count). The summed E-state index contributed by atoms with van der Waals surface area (Å²) in [5.74, 6) is -2.85. The molecule has 1 aliphatic rings. The third kappa shape index (κ3) is 1.78. The molecule has 0 bridgehead atoms. The van der Waals surface area contributed by atoms with Crippen molar-refractivity contribution in [3.8, 4) is 0 Å². The fourth-order valence-electron chi connectivity index (χ4n) is 1.25. The second-order valence-electron chi connectivity index (χ2n) is 2.66. The van der Waals surface area contributed by atoms with Crippen LogP contribution in [0.5, 0.6) is 0 Å². The molecule has 1 saturated carbocycles. The quantitative estimate of drug-likeness (QED) is 0.617. The Kier molecular flexibility index (Phi) is 1.97. The van der Waals surface area contributed by atoms with Crippen LogP contribution in [0.2, 0.25) is 0 Å². The monoisotopic (exact) mass is 165 g/mol. The van der Waals surface area contributed by atoms with Crippen molar-refractivity contribution < 1.29 is 18.7 Å². The molecule has 0 aromatic carbocycles. The van der Waals surface area contributed by atoms with Crippen molar-refractivity contribution in [2.75, 3.05) is 0 Å². The maximum absolute atomic E-state index is 12.6. The van der Waals surface area contributed by atoms with Crippen LogP contribution < -0.4 is 5.32 Å². The molecule has 3 nitrogen and oxygen atoms in total. The lowest BCUT2D eigenvalue weighted by atomic mass is 10.2. The molecular formula is C6H9F2NO2. The third-order valence-electron chi connectivity index (χ3n) is 1.81. The number of halogens is 2. The molecule has 64 valence electrons. The first-order chi connectivity index (χ1) is 5.02. The molecule has 2 N–H and O–H groups in total. The summed E-state index contributed by atoms with van der Waals surface area (Å²) in [6.07, 6.45) is -0.966. The number of carbonyl (C=O) groups is 1. The van der Waals surface area contributed by atoms with E-state index in [-0.39, 0.29) is 12.8 Å². The first-order valence-electron chi connectivity index (χ1n) is 3.39. The van der Waals surface area contributed by atoms with Crippen molar-refractivity contribution in [1.82, 2.24) is 5.32 Å². The van der Waals surface area contributed by atoms with E-state index in [0.29, 0.717) is 6.42 Å². The lowest BCUT2D eigenvalue weighted by Crippen LogP contribution is -2.43. The van der Waals surface area contributed by atoms with Crippen LogP contribution in [0.25, 0.3) is 0 Å². The van der Waals surface area contributed by atoms with Gasteiger partial charge in [-0.3, -0.25) is 0 Å². The highest BCUT2D eigenvalue weighted by Gasteiger charge is 2.44. The molecule has 1 amide bonds. The number of hydrogen-bond acceptors (Lipinski definition) is 1. The summed E-state index contributed by atoms with van der Waals surface area (Å²) >= 11 is 0. The Morgan fingerprint density at radius 2 is 2.27 bits per heavy atom. The second kappa shape index (κ2) is 2.64. The van der Waals surface area contributed by atoms with Gasteiger partial charge in [0.05, 0.1) is 6.04 Å². The highest BCUT2D eigenvalue weighted by molar-refractivity contribution is 5.65. The Morgan fingerprint density at radius 1 is 1.64 bits per heavy atom. The molecule has 1 unspecified atom stereocenters. The summed E-state index contributed by atoms with van der Waals surface area (Å²) in [6.45, 7) is 0. The van der Waals surface area contributed by atoms with Gasteiger partial charge in [0.2, 0.25) is 0 Å². The van der Waals surface area contributed by atoms with Crippen LogP contribution in [-0.4, -0.2) is 23.2 Å². The van der Waals surface area contributed by atoms with Crippen LogP contribution in [0.1, 0.15) is 19.3 Å². The number of amides is 1. The minimum atomic E-state index is -2.85. The SMILES string of the molecule is O=C(O)NC1CCCC1(F)F. The second-order valence-corrected chi connectivity index (χ2v) is 2.66. The standard InChI is InChI=1S/C6H9F2NO2/c7-6(8)3-1-2-4(6)9-5(10)11/h4,9H,1-3H2,(H,10,11). The van der Waals surface area contributed by atoms with Crippen molar-refractivity contribution in [2.24, 2.45) is 0 Å². The Morgan fingerprint density at radius 3 is 2.64 bits per heavy atom. The van der Waals surface area contributed by atoms with Gasteiger partial charge in [0.15, 0.2) is 0 Å². The van der Waals surface area contributed by atoms with Gasteiger partial charge < -0.3 is 10.4 Å². The van der Waals surface area contributed by atoms with Crippen LogP contribution in [0.15, 0.2) is 0 Å². The Bertz CT molecular complexity index is 172. The number of rotatable bonds is 1. The van der Waals surface area contributed by atoms with E-state index >= 15 is 0 Å². The Balaban J connectivity index is 2.51. The predicted molar refractivity (Wildman–Crippen MR) is 33.7 cm³/mol. The van der Waals surface area contributed by atoms with E-state index in [2.05, 4.69) is 0 Å². The van der Waals surface area contributed by atoms with Gasteiger partial charge in [-0.05, 0) is 12.8 Å². The average Bonchev–Trinajstić information content (AvgIpc) is 2.10. The van der Waals surface area contributed by atoms with E-state index < -0.39 is 18.1 Å². The van der Waals surface area contributed by atoms with Gasteiger partial charge >= 0.3 is 6.09 Å². The average molecular weight is 165 g/mol. The number of alkyl halides is 2. The van der Waals surface area contributed by atoms with Crippen LogP contribution >= 0.6 is 0 Å². The van der Waals surface area contributed by atoms with Crippen LogP contribution in [0.4, 0.5) is 13.6 Å². The minimum Gasteiger partial charge on any atom is -0.465 e. The molecule has 1 fully saturated rings. The van der Waals surface area contributed by atoms with Gasteiger partial charge in [0, 0.05) is 6.42 Å². The fourth-order valence-corrected chi connectivity index (χ4v) is 1.25. The molecule has 0 saturated heterocycles. The predicted octanol–water partition coefficient (Wildman–Crippen LogP) is 1.44. The third-order valence-corrected chi connectivity index (χ3v) is 1.81. The highest BCUT2D eigenvalue weighted by Crippen LogP contribution is 2.34. The van der Waals surface area contributed by atoms with Gasteiger partial charge in [0.1, 0.15) is 0 Å². The Labute approximate surface area is 62.4 Å². The summed E-state index contributed by atoms with van der Waals surface area (Å²) in [6, 6.07) is -1.18. The molecule has 0 aromatic rings. The van der Waals surface area contributed by atoms with E-state index in [0.717, 1.165) is 0 Å². The lowest BCUT2D eigenvalue weighted by Gasteiger charge is -2.17. The fraction of sp³-hybridized carbons (Fsp3) is 0.833. The highest BCUT2D eigenvalue weighted by atomic mass is 19.3. The summed E-state index contributed by atoms with van der Waals surface area (Å²) in [5, 5.41) is 9.96. The summed E-state index contributed by atoms with van der Waals surface area (Å²) in [7, 11) is 0. The maximum Gasteiger partial charge on any atom is 0.405 e. The van der Waals surface area contributed by atoms with E-state index in [1.54, 1.807) is 5.32 Å². The van der Waals surface area contributed by atoms with E-state index in [4.69, 9.17) is 5.11 Å². The van der Waals surface area contributed by atoms with Crippen LogP contribution in [-0.2, 0) is 0 Å². The molecule has 0 aromatic heterocycles. The van der Waals surface area contributed by atoms with Crippen LogP contribution in [0, 0.1) is 0 Å². The van der Waals surface area contributed by atoms with Crippen LogP contribution in [0.3, 0.4) is 0 Å². The molecular weight excluding hydrogens is 156 g/mol. The largest absolute Gasteiger partial charge is 0.465 e. The van der Waals surface area contributed by atoms with Gasteiger partial charge in [-0.25, -0.2) is 13.6 Å². The van der Waals surface area contributed by atoms with Gasteiger partial charge in [0.25, 0.3) is 5.92 Å². The molecule has 0 spiro atoms. The topological polar surface area (TPSA) is 49.3 Å².